The van der Waals surface area contributed by atoms with Crippen LogP contribution in [0.5, 0.6) is 0 Å². The van der Waals surface area contributed by atoms with Crippen molar-refractivity contribution in [1.29, 1.82) is 0 Å². The second-order valence-electron chi connectivity index (χ2n) is 4.81. The summed E-state index contributed by atoms with van der Waals surface area (Å²) in [7, 11) is 0. The lowest BCUT2D eigenvalue weighted by Gasteiger charge is -2.04. The molecule has 0 saturated carbocycles. The van der Waals surface area contributed by atoms with E-state index in [0.717, 1.165) is 18.9 Å². The zero-order valence-electron chi connectivity index (χ0n) is 11.6. The van der Waals surface area contributed by atoms with E-state index in [1.54, 1.807) is 6.20 Å². The van der Waals surface area contributed by atoms with Crippen LogP contribution in [0.4, 0.5) is 10.1 Å². The van der Waals surface area contributed by atoms with Crippen LogP contribution in [0.1, 0.15) is 37.1 Å². The zero-order valence-corrected chi connectivity index (χ0v) is 11.6. The van der Waals surface area contributed by atoms with Crippen molar-refractivity contribution < 1.29 is 9.31 Å². The minimum atomic E-state index is -0.651. The summed E-state index contributed by atoms with van der Waals surface area (Å²) in [6, 6.07) is 3.25. The van der Waals surface area contributed by atoms with Gasteiger partial charge in [-0.1, -0.05) is 18.6 Å². The Morgan fingerprint density at radius 2 is 2.24 bits per heavy atom. The zero-order chi connectivity index (χ0) is 15.4. The lowest BCUT2D eigenvalue weighted by Crippen LogP contribution is -2.10. The van der Waals surface area contributed by atoms with E-state index < -0.39 is 10.7 Å². The molecule has 2 rings (SSSR count). The molecular formula is C13H16FN5O2. The largest absolute Gasteiger partial charge is 0.323 e. The second kappa shape index (κ2) is 6.40. The fraction of sp³-hybridized carbons (Fsp3) is 0.385. The first-order valence-electron chi connectivity index (χ1n) is 6.59. The van der Waals surface area contributed by atoms with Crippen molar-refractivity contribution in [2.75, 3.05) is 0 Å². The highest BCUT2D eigenvalue weighted by Crippen LogP contribution is 2.18. The topological polar surface area (TPSA) is 99.9 Å². The number of nitrogens with two attached hydrogens (primary N) is 1. The molecule has 1 aromatic carbocycles. The summed E-state index contributed by atoms with van der Waals surface area (Å²) in [5.74, 6) is -0.651. The predicted molar refractivity (Wildman–Crippen MR) is 74.0 cm³/mol. The number of nitro benzene ring substituents is 1. The normalized spacial score (nSPS) is 12.3. The van der Waals surface area contributed by atoms with E-state index in [2.05, 4.69) is 10.3 Å². The monoisotopic (exact) mass is 293 g/mol. The van der Waals surface area contributed by atoms with Crippen LogP contribution in [0.3, 0.4) is 0 Å². The van der Waals surface area contributed by atoms with Crippen LogP contribution in [0.25, 0.3) is 0 Å². The van der Waals surface area contributed by atoms with Crippen LogP contribution >= 0.6 is 0 Å². The van der Waals surface area contributed by atoms with Gasteiger partial charge in [0.2, 0.25) is 0 Å². The molecule has 0 saturated heterocycles. The maximum atomic E-state index is 13.4. The van der Waals surface area contributed by atoms with Crippen molar-refractivity contribution in [1.82, 2.24) is 15.0 Å². The first-order chi connectivity index (χ1) is 9.99. The molecule has 7 nitrogen and oxygen atoms in total. The van der Waals surface area contributed by atoms with E-state index in [4.69, 9.17) is 5.73 Å². The highest BCUT2D eigenvalue weighted by molar-refractivity contribution is 5.35. The summed E-state index contributed by atoms with van der Waals surface area (Å²) in [5.41, 5.74) is 6.75. The van der Waals surface area contributed by atoms with Crippen molar-refractivity contribution in [2.45, 2.75) is 32.4 Å². The van der Waals surface area contributed by atoms with E-state index >= 15 is 0 Å². The SMILES string of the molecule is CCCC(N)c1cn(Cc2cc(F)cc([N+](=O)[O-])c2)nn1. The maximum absolute atomic E-state index is 13.4. The van der Waals surface area contributed by atoms with Crippen molar-refractivity contribution in [3.8, 4) is 0 Å². The van der Waals surface area contributed by atoms with E-state index in [0.29, 0.717) is 11.3 Å². The third-order valence-electron chi connectivity index (χ3n) is 3.03. The number of hydrogen-bond donors (Lipinski definition) is 1. The van der Waals surface area contributed by atoms with Gasteiger partial charge in [-0.2, -0.15) is 0 Å². The van der Waals surface area contributed by atoms with Gasteiger partial charge in [0.15, 0.2) is 0 Å². The molecule has 0 aliphatic heterocycles. The highest BCUT2D eigenvalue weighted by atomic mass is 19.1. The van der Waals surface area contributed by atoms with Crippen molar-refractivity contribution >= 4 is 5.69 Å². The molecular weight excluding hydrogens is 277 g/mol. The van der Waals surface area contributed by atoms with E-state index in [-0.39, 0.29) is 18.3 Å². The first kappa shape index (κ1) is 15.0. The van der Waals surface area contributed by atoms with Crippen LogP contribution in [-0.2, 0) is 6.54 Å². The molecule has 0 amide bonds. The van der Waals surface area contributed by atoms with Gasteiger partial charge in [0.1, 0.15) is 5.82 Å². The third-order valence-corrected chi connectivity index (χ3v) is 3.03. The van der Waals surface area contributed by atoms with E-state index in [1.165, 1.54) is 16.8 Å². The van der Waals surface area contributed by atoms with Gasteiger partial charge in [-0.05, 0) is 18.1 Å². The molecule has 0 fully saturated rings. The number of non-ortho nitro benzene ring substituents is 1. The average molecular weight is 293 g/mol. The Labute approximate surface area is 120 Å². The Bertz CT molecular complexity index is 643. The van der Waals surface area contributed by atoms with Gasteiger partial charge in [-0.25, -0.2) is 9.07 Å². The molecule has 2 N–H and O–H groups in total. The number of aromatic nitrogens is 3. The minimum Gasteiger partial charge on any atom is -0.323 e. The third kappa shape index (κ3) is 3.82. The molecule has 0 aliphatic rings. The van der Waals surface area contributed by atoms with Crippen molar-refractivity contribution in [3.63, 3.8) is 0 Å². The van der Waals surface area contributed by atoms with Crippen molar-refractivity contribution in [3.05, 3.63) is 51.6 Å². The average Bonchev–Trinajstić information content (AvgIpc) is 2.87. The Balaban J connectivity index is 2.17. The predicted octanol–water partition coefficient (Wildman–Crippen LogP) is 2.17. The lowest BCUT2D eigenvalue weighted by atomic mass is 10.1. The number of halogens is 1. The van der Waals surface area contributed by atoms with Crippen LogP contribution in [0, 0.1) is 15.9 Å². The molecule has 0 spiro atoms. The van der Waals surface area contributed by atoms with Gasteiger partial charge in [-0.15, -0.1) is 5.10 Å². The number of hydrogen-bond acceptors (Lipinski definition) is 5. The Hall–Kier alpha value is -2.35. The molecule has 112 valence electrons. The Morgan fingerprint density at radius 3 is 2.90 bits per heavy atom. The first-order valence-corrected chi connectivity index (χ1v) is 6.59. The summed E-state index contributed by atoms with van der Waals surface area (Å²) in [6.07, 6.45) is 3.41. The fourth-order valence-electron chi connectivity index (χ4n) is 2.04. The molecule has 0 radical (unpaired) electrons. The van der Waals surface area contributed by atoms with E-state index in [9.17, 15) is 14.5 Å². The number of nitro groups is 1. The lowest BCUT2D eigenvalue weighted by molar-refractivity contribution is -0.385. The molecule has 1 unspecified atom stereocenters. The van der Waals surface area contributed by atoms with Crippen LogP contribution in [-0.4, -0.2) is 19.9 Å². The van der Waals surface area contributed by atoms with Gasteiger partial charge in [0.25, 0.3) is 5.69 Å². The number of nitrogens with zero attached hydrogens (tertiary/aromatic N) is 4. The quantitative estimate of drug-likeness (QED) is 0.650. The summed E-state index contributed by atoms with van der Waals surface area (Å²) >= 11 is 0. The molecule has 1 heterocycles. The number of rotatable bonds is 6. The molecule has 21 heavy (non-hydrogen) atoms. The van der Waals surface area contributed by atoms with Crippen LogP contribution in [0.2, 0.25) is 0 Å². The van der Waals surface area contributed by atoms with Gasteiger partial charge in [0.05, 0.1) is 35.5 Å². The molecule has 8 heteroatoms. The fourth-order valence-corrected chi connectivity index (χ4v) is 2.04. The minimum absolute atomic E-state index is 0.189. The van der Waals surface area contributed by atoms with Gasteiger partial charge in [0, 0.05) is 6.07 Å². The summed E-state index contributed by atoms with van der Waals surface area (Å²) in [5, 5.41) is 18.6. The molecule has 1 aromatic heterocycles. The second-order valence-corrected chi connectivity index (χ2v) is 4.81. The molecule has 0 bridgehead atoms. The highest BCUT2D eigenvalue weighted by Gasteiger charge is 2.12. The summed E-state index contributed by atoms with van der Waals surface area (Å²) < 4.78 is 14.8. The van der Waals surface area contributed by atoms with Gasteiger partial charge >= 0.3 is 0 Å². The Morgan fingerprint density at radius 1 is 1.48 bits per heavy atom. The summed E-state index contributed by atoms with van der Waals surface area (Å²) in [4.78, 5) is 10.1. The maximum Gasteiger partial charge on any atom is 0.272 e. The molecule has 2 aromatic rings. The van der Waals surface area contributed by atoms with Crippen LogP contribution in [0.15, 0.2) is 24.4 Å². The molecule has 0 aliphatic carbocycles. The smallest absolute Gasteiger partial charge is 0.272 e. The van der Waals surface area contributed by atoms with Crippen molar-refractivity contribution in [2.24, 2.45) is 5.73 Å². The van der Waals surface area contributed by atoms with E-state index in [1.807, 2.05) is 6.92 Å². The summed E-state index contributed by atoms with van der Waals surface area (Å²) in [6.45, 7) is 2.22. The number of benzene rings is 1. The molecule has 1 atom stereocenters. The Kier molecular flexibility index (Phi) is 4.59. The van der Waals surface area contributed by atoms with Crippen LogP contribution < -0.4 is 5.73 Å². The van der Waals surface area contributed by atoms with Gasteiger partial charge < -0.3 is 5.73 Å². The van der Waals surface area contributed by atoms with Gasteiger partial charge in [-0.3, -0.25) is 10.1 Å². The standard InChI is InChI=1S/C13H16FN5O2/c1-2-3-12(15)13-8-18(17-16-13)7-9-4-10(14)6-11(5-9)19(20)21/h4-6,8,12H,2-3,7,15H2,1H3.